The second-order valence-corrected chi connectivity index (χ2v) is 10.5. The van der Waals surface area contributed by atoms with Gasteiger partial charge in [-0.2, -0.15) is 0 Å². The lowest BCUT2D eigenvalue weighted by atomic mass is 9.75. The lowest BCUT2D eigenvalue weighted by Crippen LogP contribution is -2.53. The van der Waals surface area contributed by atoms with Crippen LogP contribution in [0.1, 0.15) is 73.0 Å². The average molecular weight is 469 g/mol. The second-order valence-electron chi connectivity index (χ2n) is 10.1. The number of carbonyl (C=O) groups excluding carboxylic acids is 2. The molecular weight excluding hydrogens is 436 g/mol. The highest BCUT2D eigenvalue weighted by Crippen LogP contribution is 2.44. The summed E-state index contributed by atoms with van der Waals surface area (Å²) in [7, 11) is 3.44. The molecule has 0 spiro atoms. The monoisotopic (exact) mass is 468 g/mol. The fourth-order valence-corrected chi connectivity index (χ4v) is 5.57. The molecule has 4 rings (SSSR count). The zero-order chi connectivity index (χ0) is 23.8. The van der Waals surface area contributed by atoms with Crippen LogP contribution in [0.3, 0.4) is 0 Å². The number of hydrogen-bond donors (Lipinski definition) is 0. The first-order chi connectivity index (χ1) is 15.6. The van der Waals surface area contributed by atoms with Gasteiger partial charge in [0, 0.05) is 43.3 Å². The molecule has 7 heteroatoms. The Labute approximate surface area is 201 Å². The lowest BCUT2D eigenvalue weighted by Gasteiger charge is -2.43. The van der Waals surface area contributed by atoms with Crippen molar-refractivity contribution in [1.29, 1.82) is 0 Å². The third-order valence-corrected chi connectivity index (χ3v) is 7.52. The molecule has 1 aromatic heterocycles. The third-order valence-electron chi connectivity index (χ3n) is 7.27. The van der Waals surface area contributed by atoms with Gasteiger partial charge in [-0.15, -0.1) is 0 Å². The van der Waals surface area contributed by atoms with Crippen LogP contribution in [-0.4, -0.2) is 58.8 Å². The van der Waals surface area contributed by atoms with Crippen LogP contribution in [0.25, 0.3) is 0 Å². The highest BCUT2D eigenvalue weighted by Gasteiger charge is 2.47. The van der Waals surface area contributed by atoms with Crippen LogP contribution in [0.15, 0.2) is 30.3 Å². The van der Waals surface area contributed by atoms with Crippen molar-refractivity contribution in [3.8, 4) is 0 Å². The molecule has 2 amide bonds. The summed E-state index contributed by atoms with van der Waals surface area (Å²) in [5, 5.41) is 0.685. The Balaban J connectivity index is 1.65. The van der Waals surface area contributed by atoms with E-state index in [1.165, 1.54) is 4.90 Å². The lowest BCUT2D eigenvalue weighted by molar-refractivity contribution is -0.139. The molecule has 1 aliphatic carbocycles. The Kier molecular flexibility index (Phi) is 6.50. The van der Waals surface area contributed by atoms with Crippen LogP contribution in [0.2, 0.25) is 5.02 Å². The molecule has 2 heterocycles. The van der Waals surface area contributed by atoms with Crippen molar-refractivity contribution in [3.05, 3.63) is 58.1 Å². The smallest absolute Gasteiger partial charge is 0.272 e. The summed E-state index contributed by atoms with van der Waals surface area (Å²) in [6, 6.07) is 9.52. The normalized spacial score (nSPS) is 22.3. The molecule has 0 bridgehead atoms. The zero-order valence-corrected chi connectivity index (χ0v) is 20.8. The summed E-state index contributed by atoms with van der Waals surface area (Å²) in [4.78, 5) is 39.5. The van der Waals surface area contributed by atoms with Gasteiger partial charge < -0.3 is 9.80 Å². The molecule has 2 fully saturated rings. The number of aromatic nitrogens is 2. The Morgan fingerprint density at radius 3 is 2.33 bits per heavy atom. The molecule has 176 valence electrons. The van der Waals surface area contributed by atoms with Crippen LogP contribution in [-0.2, 0) is 15.6 Å². The van der Waals surface area contributed by atoms with Gasteiger partial charge in [0.15, 0.2) is 0 Å². The van der Waals surface area contributed by atoms with Gasteiger partial charge in [-0.1, -0.05) is 43.5 Å². The maximum Gasteiger partial charge on any atom is 0.272 e. The van der Waals surface area contributed by atoms with E-state index in [0.29, 0.717) is 23.1 Å². The van der Waals surface area contributed by atoms with E-state index in [9.17, 15) is 9.59 Å². The fraction of sp³-hybridized carbons (Fsp3) is 0.538. The van der Waals surface area contributed by atoms with Crippen molar-refractivity contribution < 1.29 is 9.59 Å². The van der Waals surface area contributed by atoms with Crippen LogP contribution in [0.4, 0.5) is 0 Å². The minimum Gasteiger partial charge on any atom is -0.343 e. The first kappa shape index (κ1) is 23.7. The molecule has 2 aliphatic rings. The van der Waals surface area contributed by atoms with Gasteiger partial charge in [-0.25, -0.2) is 9.97 Å². The maximum atomic E-state index is 14.0. The van der Waals surface area contributed by atoms with Crippen molar-refractivity contribution >= 4 is 23.4 Å². The number of aryl methyl sites for hydroxylation is 1. The Bertz CT molecular complexity index is 1050. The quantitative estimate of drug-likeness (QED) is 0.661. The fourth-order valence-electron chi connectivity index (χ4n) is 5.45. The first-order valence-corrected chi connectivity index (χ1v) is 12.2. The number of hydrogen-bond acceptors (Lipinski definition) is 4. The molecule has 1 saturated carbocycles. The van der Waals surface area contributed by atoms with Crippen molar-refractivity contribution in [1.82, 2.24) is 19.8 Å². The highest BCUT2D eigenvalue weighted by atomic mass is 35.5. The van der Waals surface area contributed by atoms with Crippen molar-refractivity contribution in [2.24, 2.45) is 0 Å². The molecule has 1 aromatic carbocycles. The van der Waals surface area contributed by atoms with Crippen molar-refractivity contribution in [2.45, 2.75) is 63.2 Å². The standard InChI is InChI=1S/C26H33ClN4O2/c1-18-16-21(22(32)30(3)4)29-23(28-18)25(2)12-7-15-31(17-25)24(33)26(13-5-6-14-26)19-8-10-20(27)11-9-19/h8-11,16H,5-7,12-15,17H2,1-4H3. The van der Waals surface area contributed by atoms with E-state index >= 15 is 0 Å². The third kappa shape index (κ3) is 4.50. The predicted octanol–water partition coefficient (Wildman–Crippen LogP) is 4.53. The Hall–Kier alpha value is -2.47. The molecule has 0 N–H and O–H groups in total. The van der Waals surface area contributed by atoms with Gasteiger partial charge in [0.1, 0.15) is 11.5 Å². The SMILES string of the molecule is Cc1cc(C(=O)N(C)C)nc(C2(C)CCCN(C(=O)C3(c4ccc(Cl)cc4)CCCC3)C2)n1. The summed E-state index contributed by atoms with van der Waals surface area (Å²) in [5.41, 5.74) is 1.35. The van der Waals surface area contributed by atoms with Crippen LogP contribution >= 0.6 is 11.6 Å². The molecule has 6 nitrogen and oxygen atoms in total. The molecular formula is C26H33ClN4O2. The minimum atomic E-state index is -0.484. The Morgan fingerprint density at radius 1 is 1.03 bits per heavy atom. The zero-order valence-electron chi connectivity index (χ0n) is 20.0. The first-order valence-electron chi connectivity index (χ1n) is 11.8. The van der Waals surface area contributed by atoms with E-state index in [0.717, 1.165) is 56.3 Å². The van der Waals surface area contributed by atoms with Crippen LogP contribution in [0.5, 0.6) is 0 Å². The summed E-state index contributed by atoms with van der Waals surface area (Å²) >= 11 is 6.13. The van der Waals surface area contributed by atoms with Gasteiger partial charge >= 0.3 is 0 Å². The number of nitrogens with zero attached hydrogens (tertiary/aromatic N) is 4. The number of benzene rings is 1. The van der Waals surface area contributed by atoms with E-state index < -0.39 is 10.8 Å². The molecule has 1 aliphatic heterocycles. The average Bonchev–Trinajstić information content (AvgIpc) is 3.29. The highest BCUT2D eigenvalue weighted by molar-refractivity contribution is 6.30. The summed E-state index contributed by atoms with van der Waals surface area (Å²) in [6.07, 6.45) is 5.59. The number of amides is 2. The second kappa shape index (κ2) is 9.05. The molecule has 1 saturated heterocycles. The van der Waals surface area contributed by atoms with Crippen molar-refractivity contribution in [2.75, 3.05) is 27.2 Å². The van der Waals surface area contributed by atoms with Gasteiger partial charge in [-0.05, 0) is 56.4 Å². The number of likely N-dealkylation sites (tertiary alicyclic amines) is 1. The van der Waals surface area contributed by atoms with Crippen molar-refractivity contribution in [3.63, 3.8) is 0 Å². The Morgan fingerprint density at radius 2 is 1.70 bits per heavy atom. The molecule has 1 atom stereocenters. The molecule has 1 unspecified atom stereocenters. The number of halogens is 1. The van der Waals surface area contributed by atoms with Crippen LogP contribution < -0.4 is 0 Å². The van der Waals surface area contributed by atoms with E-state index in [1.807, 2.05) is 36.1 Å². The molecule has 2 aromatic rings. The maximum absolute atomic E-state index is 14.0. The predicted molar refractivity (Wildman–Crippen MR) is 130 cm³/mol. The van der Waals surface area contributed by atoms with E-state index in [-0.39, 0.29) is 11.8 Å². The minimum absolute atomic E-state index is 0.137. The number of piperidine rings is 1. The summed E-state index contributed by atoms with van der Waals surface area (Å²) in [5.74, 6) is 0.712. The molecule has 0 radical (unpaired) electrons. The number of rotatable bonds is 4. The number of carbonyl (C=O) groups is 2. The van der Waals surface area contributed by atoms with E-state index in [1.54, 1.807) is 20.2 Å². The summed E-state index contributed by atoms with van der Waals surface area (Å²) < 4.78 is 0. The molecule has 33 heavy (non-hydrogen) atoms. The van der Waals surface area contributed by atoms with E-state index in [4.69, 9.17) is 16.6 Å². The van der Waals surface area contributed by atoms with Gasteiger partial charge in [0.2, 0.25) is 5.91 Å². The van der Waals surface area contributed by atoms with Gasteiger partial charge in [0.25, 0.3) is 5.91 Å². The largest absolute Gasteiger partial charge is 0.343 e. The van der Waals surface area contributed by atoms with Gasteiger partial charge in [-0.3, -0.25) is 9.59 Å². The topological polar surface area (TPSA) is 66.4 Å². The van der Waals surface area contributed by atoms with E-state index in [2.05, 4.69) is 11.9 Å². The van der Waals surface area contributed by atoms with Gasteiger partial charge in [0.05, 0.1) is 5.41 Å². The van der Waals surface area contributed by atoms with Crippen LogP contribution in [0, 0.1) is 6.92 Å². The summed E-state index contributed by atoms with van der Waals surface area (Å²) in [6.45, 7) is 5.30.